The summed E-state index contributed by atoms with van der Waals surface area (Å²) in [7, 11) is 6.97. The average Bonchev–Trinajstić information content (AvgIpc) is 1.91. The van der Waals surface area contributed by atoms with Crippen molar-refractivity contribution < 1.29 is 0 Å². The zero-order valence-electron chi connectivity index (χ0n) is 4.00. The zero-order chi connectivity index (χ0) is 5.28. The predicted molar refractivity (Wildman–Crippen MR) is 26.4 cm³/mol. The highest BCUT2D eigenvalue weighted by Gasteiger charge is 1.85. The molecule has 0 amide bonds. The molecule has 0 spiro atoms. The molecule has 3 nitrogen and oxygen atoms in total. The second kappa shape index (κ2) is 1.37. The molecule has 4 heteroatoms. The Bertz CT molecular complexity index is 142. The topological polar surface area (TPSA) is 30.7 Å². The summed E-state index contributed by atoms with van der Waals surface area (Å²) in [4.78, 5) is 3.65. The van der Waals surface area contributed by atoms with Crippen LogP contribution in [0.2, 0.25) is 0 Å². The van der Waals surface area contributed by atoms with Crippen LogP contribution in [0.4, 0.5) is 0 Å². The molecule has 34 valence electrons. The van der Waals surface area contributed by atoms with Crippen LogP contribution in [0.25, 0.3) is 0 Å². The normalized spacial score (nSPS) is 9.29. The summed E-state index contributed by atoms with van der Waals surface area (Å²) in [5.41, 5.74) is 0.444. The number of hydrogen-bond acceptors (Lipinski definition) is 2. The van der Waals surface area contributed by atoms with E-state index in [0.717, 1.165) is 0 Å². The Morgan fingerprint density at radius 2 is 2.57 bits per heavy atom. The molecule has 0 atom stereocenters. The predicted octanol–water partition coefficient (Wildman–Crippen LogP) is -1.39. The molecule has 1 aromatic rings. The van der Waals surface area contributed by atoms with Gasteiger partial charge in [-0.15, -0.1) is 0 Å². The van der Waals surface area contributed by atoms with E-state index in [1.807, 2.05) is 0 Å². The molecule has 0 aliphatic rings. The van der Waals surface area contributed by atoms with E-state index in [1.165, 1.54) is 11.0 Å². The van der Waals surface area contributed by atoms with Gasteiger partial charge in [-0.1, -0.05) is 0 Å². The van der Waals surface area contributed by atoms with Crippen LogP contribution in [0, 0.1) is 0 Å². The van der Waals surface area contributed by atoms with E-state index in [2.05, 4.69) is 10.1 Å². The molecule has 1 aromatic heterocycles. The first-order valence-corrected chi connectivity index (χ1v) is 1.90. The van der Waals surface area contributed by atoms with Crippen molar-refractivity contribution in [3.63, 3.8) is 0 Å². The smallest absolute Gasteiger partial charge is 0.169 e. The lowest BCUT2D eigenvalue weighted by molar-refractivity contribution is 0.789. The van der Waals surface area contributed by atoms with Gasteiger partial charge in [-0.2, -0.15) is 5.10 Å². The lowest BCUT2D eigenvalue weighted by atomic mass is 10.1. The summed E-state index contributed by atoms with van der Waals surface area (Å²) in [5.74, 6) is 0. The van der Waals surface area contributed by atoms with Crippen molar-refractivity contribution in [1.82, 2.24) is 14.8 Å². The molecule has 0 aliphatic heterocycles. The summed E-state index contributed by atoms with van der Waals surface area (Å²) >= 11 is 0. The fourth-order valence-electron chi connectivity index (χ4n) is 0.305. The largest absolute Gasteiger partial charge is 0.264 e. The molecule has 0 bridgehead atoms. The Morgan fingerprint density at radius 1 is 1.86 bits per heavy atom. The molecule has 0 unspecified atom stereocenters. The number of aromatic nitrogens is 3. The summed E-state index contributed by atoms with van der Waals surface area (Å²) in [6.07, 6.45) is 1.41. The van der Waals surface area contributed by atoms with Crippen molar-refractivity contribution >= 4 is 13.6 Å². The summed E-state index contributed by atoms with van der Waals surface area (Å²) in [6, 6.07) is 0. The van der Waals surface area contributed by atoms with Gasteiger partial charge in [0.1, 0.15) is 6.33 Å². The van der Waals surface area contributed by atoms with E-state index in [4.69, 9.17) is 7.85 Å². The highest BCUT2D eigenvalue weighted by molar-refractivity contribution is 6.29. The number of nitrogens with zero attached hydrogens (tertiary/aromatic N) is 3. The van der Waals surface area contributed by atoms with Gasteiger partial charge in [0.15, 0.2) is 7.85 Å². The van der Waals surface area contributed by atoms with Crippen LogP contribution in [-0.2, 0) is 7.05 Å². The Balaban J connectivity index is 3.12. The van der Waals surface area contributed by atoms with E-state index in [9.17, 15) is 0 Å². The Hall–Kier alpha value is -0.795. The van der Waals surface area contributed by atoms with E-state index >= 15 is 0 Å². The van der Waals surface area contributed by atoms with Gasteiger partial charge in [-0.25, -0.2) is 4.98 Å². The molecule has 0 aromatic carbocycles. The van der Waals surface area contributed by atoms with Gasteiger partial charge in [0.25, 0.3) is 0 Å². The van der Waals surface area contributed by atoms with Crippen LogP contribution in [0.15, 0.2) is 6.33 Å². The zero-order valence-corrected chi connectivity index (χ0v) is 4.00. The van der Waals surface area contributed by atoms with Gasteiger partial charge < -0.3 is 0 Å². The van der Waals surface area contributed by atoms with E-state index in [-0.39, 0.29) is 0 Å². The maximum absolute atomic E-state index is 5.23. The quantitative estimate of drug-likeness (QED) is 0.369. The molecule has 0 N–H and O–H groups in total. The van der Waals surface area contributed by atoms with Crippen LogP contribution in [-0.4, -0.2) is 22.6 Å². The second-order valence-electron chi connectivity index (χ2n) is 1.24. The van der Waals surface area contributed by atoms with Gasteiger partial charge in [0.05, 0.1) is 5.72 Å². The van der Waals surface area contributed by atoms with E-state index in [1.54, 1.807) is 7.05 Å². The molecule has 1 rings (SSSR count). The number of aryl methyl sites for hydroxylation is 1. The molecule has 2 radical (unpaired) electrons. The SMILES string of the molecule is [B]c1ncnn1C. The van der Waals surface area contributed by atoms with Gasteiger partial charge >= 0.3 is 0 Å². The third-order valence-corrected chi connectivity index (χ3v) is 0.746. The Labute approximate surface area is 42.8 Å². The lowest BCUT2D eigenvalue weighted by Gasteiger charge is -1.85. The highest BCUT2D eigenvalue weighted by atomic mass is 15.3. The molecular formula is C3H4BN3. The van der Waals surface area contributed by atoms with Gasteiger partial charge in [0.2, 0.25) is 0 Å². The number of rotatable bonds is 0. The first-order valence-electron chi connectivity index (χ1n) is 1.90. The lowest BCUT2D eigenvalue weighted by Crippen LogP contribution is -2.16. The van der Waals surface area contributed by atoms with Crippen LogP contribution in [0.3, 0.4) is 0 Å². The maximum Gasteiger partial charge on any atom is 0.169 e. The summed E-state index contributed by atoms with van der Waals surface area (Å²) in [6.45, 7) is 0. The van der Waals surface area contributed by atoms with E-state index in [0.29, 0.717) is 5.72 Å². The van der Waals surface area contributed by atoms with Crippen LogP contribution < -0.4 is 5.72 Å². The van der Waals surface area contributed by atoms with Crippen molar-refractivity contribution in [3.05, 3.63) is 6.33 Å². The van der Waals surface area contributed by atoms with Crippen molar-refractivity contribution in [2.45, 2.75) is 0 Å². The van der Waals surface area contributed by atoms with Crippen LogP contribution in [0.1, 0.15) is 0 Å². The second-order valence-corrected chi connectivity index (χ2v) is 1.24. The molecule has 0 aliphatic carbocycles. The van der Waals surface area contributed by atoms with Crippen molar-refractivity contribution in [2.24, 2.45) is 7.05 Å². The standard InChI is InChI=1S/C3H4BN3/c1-7-3(4)5-2-6-7/h2H,1H3. The minimum atomic E-state index is 0.444. The minimum absolute atomic E-state index is 0.444. The molecule has 1 heterocycles. The monoisotopic (exact) mass is 93.0 g/mol. The highest BCUT2D eigenvalue weighted by Crippen LogP contribution is 1.60. The molecule has 0 saturated heterocycles. The minimum Gasteiger partial charge on any atom is -0.264 e. The molecule has 0 saturated carbocycles. The van der Waals surface area contributed by atoms with Crippen molar-refractivity contribution in [1.29, 1.82) is 0 Å². The average molecular weight is 92.9 g/mol. The summed E-state index contributed by atoms with van der Waals surface area (Å²) < 4.78 is 1.50. The van der Waals surface area contributed by atoms with Crippen LogP contribution in [0.5, 0.6) is 0 Å². The van der Waals surface area contributed by atoms with Crippen molar-refractivity contribution in [3.8, 4) is 0 Å². The Morgan fingerprint density at radius 3 is 2.71 bits per heavy atom. The first-order chi connectivity index (χ1) is 3.30. The Kier molecular flexibility index (Phi) is 0.853. The third-order valence-electron chi connectivity index (χ3n) is 0.746. The fraction of sp³-hybridized carbons (Fsp3) is 0.333. The summed E-state index contributed by atoms with van der Waals surface area (Å²) in [5, 5.41) is 3.70. The van der Waals surface area contributed by atoms with Gasteiger partial charge in [-0.05, 0) is 0 Å². The van der Waals surface area contributed by atoms with Crippen molar-refractivity contribution in [2.75, 3.05) is 0 Å². The fourth-order valence-corrected chi connectivity index (χ4v) is 0.305. The van der Waals surface area contributed by atoms with Gasteiger partial charge in [0, 0.05) is 7.05 Å². The van der Waals surface area contributed by atoms with Crippen LogP contribution >= 0.6 is 0 Å². The number of hydrogen-bond donors (Lipinski definition) is 0. The molecular weight excluding hydrogens is 88.9 g/mol. The molecule has 7 heavy (non-hydrogen) atoms. The van der Waals surface area contributed by atoms with E-state index < -0.39 is 0 Å². The maximum atomic E-state index is 5.23. The first kappa shape index (κ1) is 4.37. The third kappa shape index (κ3) is 0.631. The molecule has 0 fully saturated rings. The van der Waals surface area contributed by atoms with Gasteiger partial charge in [-0.3, -0.25) is 4.68 Å².